The molecule has 1 aromatic carbocycles. The smallest absolute Gasteiger partial charge is 0.203 e. The summed E-state index contributed by atoms with van der Waals surface area (Å²) in [6, 6.07) is 8.30. The summed E-state index contributed by atoms with van der Waals surface area (Å²) in [5.41, 5.74) is 1.10. The lowest BCUT2D eigenvalue weighted by Gasteiger charge is -2.06. The average Bonchev–Trinajstić information content (AvgIpc) is 2.69. The first-order valence-electron chi connectivity index (χ1n) is 7.56. The Morgan fingerprint density at radius 2 is 1.81 bits per heavy atom. The molecule has 3 rings (SSSR count). The summed E-state index contributed by atoms with van der Waals surface area (Å²) in [5.74, 6) is 0. The quantitative estimate of drug-likeness (QED) is 0.753. The number of nitrogens with zero attached hydrogens (tertiary/aromatic N) is 3. The summed E-state index contributed by atoms with van der Waals surface area (Å²) in [5, 5.41) is 6.35. The van der Waals surface area contributed by atoms with Gasteiger partial charge in [-0.05, 0) is 25.0 Å². The number of rotatable bonds is 2. The molecule has 5 heteroatoms. The summed E-state index contributed by atoms with van der Waals surface area (Å²) in [4.78, 5) is 5.95. The number of halogens is 1. The molecule has 0 radical (unpaired) electrons. The topological polar surface area (TPSA) is 30.2 Å². The van der Waals surface area contributed by atoms with Crippen molar-refractivity contribution in [2.75, 3.05) is 0 Å². The van der Waals surface area contributed by atoms with Gasteiger partial charge in [0.05, 0.1) is 6.04 Å². The standard InChI is InChI=1S/C16H20ClN3S/c1-20-16(18-14-6-4-2-3-5-7-14)21-15(19-20)12-8-10-13(17)11-9-12/h8-11,14H,2-7H2,1H3. The fraction of sp³-hybridized carbons (Fsp3) is 0.500. The molecule has 0 unspecified atom stereocenters. The van der Waals surface area contributed by atoms with Crippen molar-refractivity contribution < 1.29 is 0 Å². The summed E-state index contributed by atoms with van der Waals surface area (Å²) >= 11 is 7.60. The van der Waals surface area contributed by atoms with E-state index in [-0.39, 0.29) is 0 Å². The maximum Gasteiger partial charge on any atom is 0.203 e. The second-order valence-corrected chi connectivity index (χ2v) is 6.99. The molecule has 1 heterocycles. The molecule has 2 aromatic rings. The predicted octanol–water partition coefficient (Wildman–Crippen LogP) is 4.43. The first kappa shape index (κ1) is 14.8. The summed E-state index contributed by atoms with van der Waals surface area (Å²) in [7, 11) is 1.98. The molecule has 21 heavy (non-hydrogen) atoms. The largest absolute Gasteiger partial charge is 0.254 e. The fourth-order valence-electron chi connectivity index (χ4n) is 2.71. The lowest BCUT2D eigenvalue weighted by Crippen LogP contribution is -2.16. The molecular formula is C16H20ClN3S. The Morgan fingerprint density at radius 3 is 2.48 bits per heavy atom. The van der Waals surface area contributed by atoms with Crippen LogP contribution in [0.3, 0.4) is 0 Å². The molecule has 1 fully saturated rings. The predicted molar refractivity (Wildman–Crippen MR) is 88.6 cm³/mol. The Hall–Kier alpha value is -1.13. The minimum Gasteiger partial charge on any atom is -0.254 e. The van der Waals surface area contributed by atoms with E-state index in [1.165, 1.54) is 38.5 Å². The van der Waals surface area contributed by atoms with Crippen LogP contribution in [0.4, 0.5) is 0 Å². The molecule has 0 saturated heterocycles. The van der Waals surface area contributed by atoms with Crippen LogP contribution in [0.2, 0.25) is 5.02 Å². The van der Waals surface area contributed by atoms with Gasteiger partial charge in [0.2, 0.25) is 4.80 Å². The highest BCUT2D eigenvalue weighted by molar-refractivity contribution is 7.12. The van der Waals surface area contributed by atoms with Crippen molar-refractivity contribution in [2.24, 2.45) is 12.0 Å². The van der Waals surface area contributed by atoms with Crippen molar-refractivity contribution in [1.29, 1.82) is 0 Å². The number of aromatic nitrogens is 2. The number of aryl methyl sites for hydroxylation is 1. The molecule has 112 valence electrons. The zero-order valence-electron chi connectivity index (χ0n) is 12.3. The van der Waals surface area contributed by atoms with E-state index in [1.807, 2.05) is 36.0 Å². The van der Waals surface area contributed by atoms with E-state index in [4.69, 9.17) is 16.6 Å². The number of hydrogen-bond donors (Lipinski definition) is 0. The molecule has 0 spiro atoms. The van der Waals surface area contributed by atoms with Crippen LogP contribution in [0.15, 0.2) is 29.3 Å². The second kappa shape index (κ2) is 6.75. The molecule has 0 N–H and O–H groups in total. The zero-order chi connectivity index (χ0) is 14.7. The molecule has 0 bridgehead atoms. The van der Waals surface area contributed by atoms with Crippen LogP contribution in [0.1, 0.15) is 38.5 Å². The van der Waals surface area contributed by atoms with Gasteiger partial charge in [-0.25, -0.2) is 4.68 Å². The monoisotopic (exact) mass is 321 g/mol. The first-order valence-corrected chi connectivity index (χ1v) is 8.76. The Kier molecular flexibility index (Phi) is 4.76. The SMILES string of the molecule is Cn1nc(-c2ccc(Cl)cc2)sc1=NC1CCCCCC1. The molecule has 1 saturated carbocycles. The first-order chi connectivity index (χ1) is 10.2. The fourth-order valence-corrected chi connectivity index (χ4v) is 3.80. The molecule has 1 aliphatic rings. The third-order valence-electron chi connectivity index (χ3n) is 3.91. The van der Waals surface area contributed by atoms with Gasteiger partial charge in [-0.1, -0.05) is 60.8 Å². The van der Waals surface area contributed by atoms with E-state index < -0.39 is 0 Å². The van der Waals surface area contributed by atoms with Gasteiger partial charge < -0.3 is 0 Å². The minimum absolute atomic E-state index is 0.470. The number of benzene rings is 1. The molecule has 0 amide bonds. The second-order valence-electron chi connectivity index (χ2n) is 5.59. The Morgan fingerprint density at radius 1 is 1.14 bits per heavy atom. The minimum atomic E-state index is 0.470. The van der Waals surface area contributed by atoms with Crippen LogP contribution in [0, 0.1) is 0 Å². The third kappa shape index (κ3) is 3.74. The van der Waals surface area contributed by atoms with Crippen LogP contribution >= 0.6 is 22.9 Å². The van der Waals surface area contributed by atoms with Gasteiger partial charge in [-0.15, -0.1) is 0 Å². The molecule has 3 nitrogen and oxygen atoms in total. The summed E-state index contributed by atoms with van der Waals surface area (Å²) < 4.78 is 1.90. The van der Waals surface area contributed by atoms with Crippen LogP contribution in [-0.4, -0.2) is 15.8 Å². The van der Waals surface area contributed by atoms with Gasteiger partial charge in [0.1, 0.15) is 5.01 Å². The Bertz CT molecular complexity index is 649. The normalized spacial score (nSPS) is 17.9. The van der Waals surface area contributed by atoms with Crippen LogP contribution < -0.4 is 4.80 Å². The van der Waals surface area contributed by atoms with E-state index in [0.717, 1.165) is 20.4 Å². The average molecular weight is 322 g/mol. The zero-order valence-corrected chi connectivity index (χ0v) is 13.8. The maximum absolute atomic E-state index is 5.94. The molecule has 1 aromatic heterocycles. The van der Waals surface area contributed by atoms with Gasteiger partial charge in [-0.3, -0.25) is 4.99 Å². The van der Waals surface area contributed by atoms with Crippen LogP contribution in [0.25, 0.3) is 10.6 Å². The molecule has 1 aliphatic carbocycles. The van der Waals surface area contributed by atoms with Gasteiger partial charge in [0.25, 0.3) is 0 Å². The van der Waals surface area contributed by atoms with Gasteiger partial charge in [0, 0.05) is 17.6 Å². The maximum atomic E-state index is 5.94. The van der Waals surface area contributed by atoms with Crippen LogP contribution in [-0.2, 0) is 7.05 Å². The lowest BCUT2D eigenvalue weighted by molar-refractivity contribution is 0.561. The van der Waals surface area contributed by atoms with Crippen molar-refractivity contribution in [1.82, 2.24) is 9.78 Å². The number of hydrogen-bond acceptors (Lipinski definition) is 3. The van der Waals surface area contributed by atoms with E-state index in [9.17, 15) is 0 Å². The molecule has 0 aliphatic heterocycles. The van der Waals surface area contributed by atoms with E-state index in [2.05, 4.69) is 5.10 Å². The van der Waals surface area contributed by atoms with Crippen molar-refractivity contribution in [3.05, 3.63) is 34.1 Å². The van der Waals surface area contributed by atoms with E-state index in [0.29, 0.717) is 6.04 Å². The summed E-state index contributed by atoms with van der Waals surface area (Å²) in [6.07, 6.45) is 7.76. The lowest BCUT2D eigenvalue weighted by atomic mass is 10.1. The summed E-state index contributed by atoms with van der Waals surface area (Å²) in [6.45, 7) is 0. The van der Waals surface area contributed by atoms with E-state index in [1.54, 1.807) is 11.3 Å². The van der Waals surface area contributed by atoms with Gasteiger partial charge in [-0.2, -0.15) is 5.10 Å². The van der Waals surface area contributed by atoms with Crippen molar-refractivity contribution in [3.63, 3.8) is 0 Å². The van der Waals surface area contributed by atoms with Gasteiger partial charge >= 0.3 is 0 Å². The Labute approximate surface area is 134 Å². The van der Waals surface area contributed by atoms with Crippen molar-refractivity contribution >= 4 is 22.9 Å². The highest BCUT2D eigenvalue weighted by atomic mass is 35.5. The third-order valence-corrected chi connectivity index (χ3v) is 5.23. The van der Waals surface area contributed by atoms with Crippen molar-refractivity contribution in [2.45, 2.75) is 44.6 Å². The Balaban J connectivity index is 1.88. The molecule has 0 atom stereocenters. The van der Waals surface area contributed by atoms with Crippen LogP contribution in [0.5, 0.6) is 0 Å². The molecular weight excluding hydrogens is 302 g/mol. The van der Waals surface area contributed by atoms with E-state index >= 15 is 0 Å². The van der Waals surface area contributed by atoms with Gasteiger partial charge in [0.15, 0.2) is 0 Å². The highest BCUT2D eigenvalue weighted by Gasteiger charge is 2.12. The highest BCUT2D eigenvalue weighted by Crippen LogP contribution is 2.22. The van der Waals surface area contributed by atoms with Crippen molar-refractivity contribution in [3.8, 4) is 10.6 Å².